The van der Waals surface area contributed by atoms with Gasteiger partial charge in [-0.3, -0.25) is 4.18 Å². The Morgan fingerprint density at radius 1 is 1.44 bits per heavy atom. The maximum atomic E-state index is 11.7. The summed E-state index contributed by atoms with van der Waals surface area (Å²) < 4.78 is 21.9. The van der Waals surface area contributed by atoms with Crippen LogP contribution in [0.5, 0.6) is 0 Å². The highest BCUT2D eigenvalue weighted by Gasteiger charge is 2.09. The van der Waals surface area contributed by atoms with Crippen LogP contribution in [0.4, 0.5) is 0 Å². The molecule has 0 aromatic heterocycles. The standard InChI is InChI=1S/C12H16O3S/c1-4-11-5-7-12(8-6-11)16(13)15-10(2)9-14-3/h4-8,10H,1,9H2,2-3H3. The third kappa shape index (κ3) is 3.89. The summed E-state index contributed by atoms with van der Waals surface area (Å²) >= 11 is -1.44. The van der Waals surface area contributed by atoms with Gasteiger partial charge >= 0.3 is 0 Å². The van der Waals surface area contributed by atoms with Crippen LogP contribution in [0, 0.1) is 0 Å². The first-order valence-electron chi connectivity index (χ1n) is 4.97. The molecule has 4 heteroatoms. The van der Waals surface area contributed by atoms with Crippen LogP contribution in [0.3, 0.4) is 0 Å². The minimum atomic E-state index is -1.44. The van der Waals surface area contributed by atoms with Crippen LogP contribution in [0.15, 0.2) is 35.7 Å². The van der Waals surface area contributed by atoms with Crippen molar-refractivity contribution in [3.63, 3.8) is 0 Å². The van der Waals surface area contributed by atoms with E-state index in [1.54, 1.807) is 25.3 Å². The van der Waals surface area contributed by atoms with Crippen LogP contribution in [-0.4, -0.2) is 24.0 Å². The highest BCUT2D eigenvalue weighted by atomic mass is 32.2. The Morgan fingerprint density at radius 3 is 2.56 bits per heavy atom. The monoisotopic (exact) mass is 240 g/mol. The highest BCUT2D eigenvalue weighted by molar-refractivity contribution is 7.80. The van der Waals surface area contributed by atoms with Gasteiger partial charge in [0.1, 0.15) is 0 Å². The molecule has 2 atom stereocenters. The van der Waals surface area contributed by atoms with Crippen LogP contribution < -0.4 is 0 Å². The minimum Gasteiger partial charge on any atom is -0.382 e. The van der Waals surface area contributed by atoms with Crippen molar-refractivity contribution in [2.24, 2.45) is 0 Å². The molecule has 3 nitrogen and oxygen atoms in total. The summed E-state index contributed by atoms with van der Waals surface area (Å²) in [6.07, 6.45) is 1.55. The Bertz CT molecular complexity index is 359. The fourth-order valence-corrected chi connectivity index (χ4v) is 2.01. The Balaban J connectivity index is 2.62. The molecule has 0 spiro atoms. The number of hydrogen-bond acceptors (Lipinski definition) is 3. The lowest BCUT2D eigenvalue weighted by atomic mass is 10.2. The maximum Gasteiger partial charge on any atom is 0.189 e. The molecule has 0 bridgehead atoms. The van der Waals surface area contributed by atoms with Crippen molar-refractivity contribution < 1.29 is 13.1 Å². The maximum absolute atomic E-state index is 11.7. The van der Waals surface area contributed by atoms with E-state index >= 15 is 0 Å². The van der Waals surface area contributed by atoms with Crippen LogP contribution in [0.1, 0.15) is 12.5 Å². The minimum absolute atomic E-state index is 0.190. The molecule has 2 unspecified atom stereocenters. The number of ether oxygens (including phenoxy) is 1. The van der Waals surface area contributed by atoms with Gasteiger partial charge in [0.2, 0.25) is 0 Å². The van der Waals surface area contributed by atoms with Crippen LogP contribution in [0.25, 0.3) is 6.08 Å². The van der Waals surface area contributed by atoms with Crippen LogP contribution in [0.2, 0.25) is 0 Å². The lowest BCUT2D eigenvalue weighted by molar-refractivity contribution is 0.101. The molecule has 0 saturated carbocycles. The SMILES string of the molecule is C=Cc1ccc(S(=O)OC(C)COC)cc1. The molecule has 0 radical (unpaired) electrons. The van der Waals surface area contributed by atoms with Gasteiger partial charge in [-0.25, -0.2) is 4.21 Å². The zero-order chi connectivity index (χ0) is 12.0. The Morgan fingerprint density at radius 2 is 2.06 bits per heavy atom. The van der Waals surface area contributed by atoms with E-state index < -0.39 is 11.1 Å². The van der Waals surface area contributed by atoms with E-state index in [2.05, 4.69) is 6.58 Å². The van der Waals surface area contributed by atoms with Gasteiger partial charge < -0.3 is 4.74 Å². The second kappa shape index (κ2) is 6.58. The van der Waals surface area contributed by atoms with Gasteiger partial charge in [0.05, 0.1) is 17.6 Å². The van der Waals surface area contributed by atoms with E-state index in [1.165, 1.54) is 0 Å². The van der Waals surface area contributed by atoms with E-state index in [4.69, 9.17) is 8.92 Å². The summed E-state index contributed by atoms with van der Waals surface area (Å²) in [4.78, 5) is 0.647. The Kier molecular flexibility index (Phi) is 5.38. The average molecular weight is 240 g/mol. The van der Waals surface area contributed by atoms with Crippen molar-refractivity contribution in [3.05, 3.63) is 36.4 Å². The van der Waals surface area contributed by atoms with Crippen molar-refractivity contribution >= 4 is 17.2 Å². The summed E-state index contributed by atoms with van der Waals surface area (Å²) in [5, 5.41) is 0. The van der Waals surface area contributed by atoms with Gasteiger partial charge in [0, 0.05) is 7.11 Å². The summed E-state index contributed by atoms with van der Waals surface area (Å²) in [5.74, 6) is 0. The fourth-order valence-electron chi connectivity index (χ4n) is 1.18. The van der Waals surface area contributed by atoms with Gasteiger partial charge in [-0.2, -0.15) is 0 Å². The number of hydrogen-bond donors (Lipinski definition) is 0. The number of benzene rings is 1. The molecule has 88 valence electrons. The van der Waals surface area contributed by atoms with E-state index in [0.717, 1.165) is 5.56 Å². The summed E-state index contributed by atoms with van der Waals surface area (Å²) in [7, 11) is 1.58. The lowest BCUT2D eigenvalue weighted by Gasteiger charge is -2.10. The van der Waals surface area contributed by atoms with Crippen LogP contribution in [-0.2, 0) is 20.0 Å². The lowest BCUT2D eigenvalue weighted by Crippen LogP contribution is -2.16. The van der Waals surface area contributed by atoms with Gasteiger partial charge in [-0.05, 0) is 24.6 Å². The largest absolute Gasteiger partial charge is 0.382 e. The third-order valence-electron chi connectivity index (χ3n) is 1.96. The molecule has 1 rings (SSSR count). The molecule has 1 aromatic carbocycles. The van der Waals surface area contributed by atoms with Crippen molar-refractivity contribution in [3.8, 4) is 0 Å². The highest BCUT2D eigenvalue weighted by Crippen LogP contribution is 2.12. The van der Waals surface area contributed by atoms with Gasteiger partial charge in [-0.15, -0.1) is 0 Å². The molecule has 0 heterocycles. The quantitative estimate of drug-likeness (QED) is 0.766. The average Bonchev–Trinajstić information content (AvgIpc) is 2.29. The van der Waals surface area contributed by atoms with E-state index in [-0.39, 0.29) is 6.10 Å². The van der Waals surface area contributed by atoms with E-state index in [1.807, 2.05) is 19.1 Å². The van der Waals surface area contributed by atoms with Crippen molar-refractivity contribution in [2.75, 3.05) is 13.7 Å². The smallest absolute Gasteiger partial charge is 0.189 e. The number of methoxy groups -OCH3 is 1. The Hall–Kier alpha value is -0.970. The normalized spacial score (nSPS) is 14.4. The molecule has 0 N–H and O–H groups in total. The molecule has 0 amide bonds. The first-order chi connectivity index (χ1) is 7.67. The molecule has 0 fully saturated rings. The molecule has 1 aromatic rings. The van der Waals surface area contributed by atoms with E-state index in [0.29, 0.717) is 11.5 Å². The third-order valence-corrected chi connectivity index (χ3v) is 3.12. The summed E-state index contributed by atoms with van der Waals surface area (Å²) in [6.45, 7) is 5.90. The predicted molar refractivity (Wildman–Crippen MR) is 65.4 cm³/mol. The van der Waals surface area contributed by atoms with Crippen molar-refractivity contribution in [1.29, 1.82) is 0 Å². The van der Waals surface area contributed by atoms with E-state index in [9.17, 15) is 4.21 Å². The summed E-state index contributed by atoms with van der Waals surface area (Å²) in [5.41, 5.74) is 0.991. The molecular formula is C12H16O3S. The van der Waals surface area contributed by atoms with Crippen LogP contribution >= 0.6 is 0 Å². The fraction of sp³-hybridized carbons (Fsp3) is 0.333. The van der Waals surface area contributed by atoms with Gasteiger partial charge in [0.25, 0.3) is 0 Å². The molecule has 0 aliphatic heterocycles. The predicted octanol–water partition coefficient (Wildman–Crippen LogP) is 2.40. The second-order valence-electron chi connectivity index (χ2n) is 3.37. The van der Waals surface area contributed by atoms with Gasteiger partial charge in [-0.1, -0.05) is 24.8 Å². The topological polar surface area (TPSA) is 35.5 Å². The first kappa shape index (κ1) is 13.1. The van der Waals surface area contributed by atoms with Crippen molar-refractivity contribution in [1.82, 2.24) is 0 Å². The van der Waals surface area contributed by atoms with Gasteiger partial charge in [0.15, 0.2) is 11.1 Å². The molecular weight excluding hydrogens is 224 g/mol. The van der Waals surface area contributed by atoms with Crippen molar-refractivity contribution in [2.45, 2.75) is 17.9 Å². The first-order valence-corrected chi connectivity index (χ1v) is 6.05. The zero-order valence-corrected chi connectivity index (χ0v) is 10.3. The molecule has 0 aliphatic carbocycles. The molecule has 0 aliphatic rings. The number of rotatable bonds is 6. The zero-order valence-electron chi connectivity index (χ0n) is 9.51. The Labute approximate surface area is 98.7 Å². The molecule has 0 saturated heterocycles. The second-order valence-corrected chi connectivity index (χ2v) is 4.50. The summed E-state index contributed by atoms with van der Waals surface area (Å²) in [6, 6.07) is 7.24. The molecule has 16 heavy (non-hydrogen) atoms.